The molecule has 0 spiro atoms. The van der Waals surface area contributed by atoms with Crippen LogP contribution in [0, 0.1) is 5.92 Å². The van der Waals surface area contributed by atoms with Crippen LogP contribution in [0.2, 0.25) is 0 Å². The zero-order chi connectivity index (χ0) is 13.8. The monoisotopic (exact) mass is 273 g/mol. The molecule has 106 valence electrons. The molecule has 0 saturated carbocycles. The van der Waals surface area contributed by atoms with Crippen molar-refractivity contribution in [1.82, 2.24) is 10.1 Å². The minimum Gasteiger partial charge on any atom is -0.381 e. The van der Waals surface area contributed by atoms with Gasteiger partial charge in [0.25, 0.3) is 0 Å². The summed E-state index contributed by atoms with van der Waals surface area (Å²) in [6, 6.07) is 9.84. The molecule has 1 saturated heterocycles. The van der Waals surface area contributed by atoms with Crippen molar-refractivity contribution in [2.45, 2.75) is 25.3 Å². The summed E-state index contributed by atoms with van der Waals surface area (Å²) in [6.45, 7) is 1.63. The normalized spacial score (nSPS) is 20.1. The Labute approximate surface area is 118 Å². The van der Waals surface area contributed by atoms with Gasteiger partial charge in [0.05, 0.1) is 6.04 Å². The van der Waals surface area contributed by atoms with E-state index in [1.165, 1.54) is 5.56 Å². The van der Waals surface area contributed by atoms with Gasteiger partial charge in [0, 0.05) is 19.6 Å². The van der Waals surface area contributed by atoms with E-state index in [0.717, 1.165) is 31.9 Å². The molecular weight excluding hydrogens is 254 g/mol. The molecule has 5 heteroatoms. The van der Waals surface area contributed by atoms with Gasteiger partial charge in [-0.1, -0.05) is 35.5 Å². The summed E-state index contributed by atoms with van der Waals surface area (Å²) in [5.41, 5.74) is 7.30. The maximum absolute atomic E-state index is 6.13. The maximum atomic E-state index is 6.13. The molecule has 20 heavy (non-hydrogen) atoms. The highest BCUT2D eigenvalue weighted by Gasteiger charge is 2.21. The number of nitrogens with two attached hydrogens (primary N) is 1. The van der Waals surface area contributed by atoms with E-state index in [9.17, 15) is 0 Å². The van der Waals surface area contributed by atoms with Crippen LogP contribution >= 0.6 is 0 Å². The Bertz CT molecular complexity index is 535. The Kier molecular flexibility index (Phi) is 4.08. The van der Waals surface area contributed by atoms with Crippen LogP contribution in [-0.2, 0) is 17.6 Å². The predicted molar refractivity (Wildman–Crippen MR) is 74.0 cm³/mol. The van der Waals surface area contributed by atoms with E-state index in [2.05, 4.69) is 10.1 Å². The summed E-state index contributed by atoms with van der Waals surface area (Å²) >= 11 is 0. The molecule has 1 aliphatic rings. The number of aromatic nitrogens is 2. The summed E-state index contributed by atoms with van der Waals surface area (Å²) < 4.78 is 10.6. The fraction of sp³-hybridized carbons (Fsp3) is 0.467. The van der Waals surface area contributed by atoms with Gasteiger partial charge in [-0.2, -0.15) is 4.98 Å². The van der Waals surface area contributed by atoms with E-state index in [4.69, 9.17) is 15.0 Å². The standard InChI is InChI=1S/C15H19N3O2/c16-13(8-11-4-2-1-3-5-11)15-17-14(18-20-15)9-12-6-7-19-10-12/h1-5,12-13H,6-10,16H2/t12?,13-/m0/s1. The maximum Gasteiger partial charge on any atom is 0.243 e. The van der Waals surface area contributed by atoms with Crippen molar-refractivity contribution >= 4 is 0 Å². The van der Waals surface area contributed by atoms with Crippen LogP contribution in [0.15, 0.2) is 34.9 Å². The van der Waals surface area contributed by atoms with Gasteiger partial charge in [0.1, 0.15) is 0 Å². The minimum absolute atomic E-state index is 0.251. The van der Waals surface area contributed by atoms with Crippen molar-refractivity contribution in [1.29, 1.82) is 0 Å². The van der Waals surface area contributed by atoms with Crippen LogP contribution in [0.3, 0.4) is 0 Å². The van der Waals surface area contributed by atoms with Crippen LogP contribution in [0.1, 0.15) is 29.7 Å². The van der Waals surface area contributed by atoms with Crippen LogP contribution in [0.25, 0.3) is 0 Å². The number of hydrogen-bond donors (Lipinski definition) is 1. The minimum atomic E-state index is -0.251. The molecule has 1 aromatic heterocycles. The number of benzene rings is 1. The van der Waals surface area contributed by atoms with Crippen molar-refractivity contribution in [3.8, 4) is 0 Å². The van der Waals surface area contributed by atoms with E-state index in [1.54, 1.807) is 0 Å². The van der Waals surface area contributed by atoms with Gasteiger partial charge >= 0.3 is 0 Å². The molecule has 0 amide bonds. The quantitative estimate of drug-likeness (QED) is 0.900. The van der Waals surface area contributed by atoms with E-state index in [0.29, 0.717) is 18.2 Å². The van der Waals surface area contributed by atoms with Crippen LogP contribution < -0.4 is 5.73 Å². The molecule has 0 radical (unpaired) electrons. The Hall–Kier alpha value is -1.72. The smallest absolute Gasteiger partial charge is 0.243 e. The van der Waals surface area contributed by atoms with Crippen LogP contribution in [0.4, 0.5) is 0 Å². The fourth-order valence-corrected chi connectivity index (χ4v) is 2.46. The molecule has 3 rings (SSSR count). The van der Waals surface area contributed by atoms with Gasteiger partial charge in [0.15, 0.2) is 5.82 Å². The second kappa shape index (κ2) is 6.15. The van der Waals surface area contributed by atoms with Crippen LogP contribution in [-0.4, -0.2) is 23.4 Å². The Morgan fingerprint density at radius 2 is 2.15 bits per heavy atom. The molecule has 1 unspecified atom stereocenters. The zero-order valence-electron chi connectivity index (χ0n) is 11.4. The largest absolute Gasteiger partial charge is 0.381 e. The molecule has 0 aliphatic carbocycles. The van der Waals surface area contributed by atoms with Gasteiger partial charge in [0.2, 0.25) is 5.89 Å². The lowest BCUT2D eigenvalue weighted by Crippen LogP contribution is -2.14. The second-order valence-electron chi connectivity index (χ2n) is 5.28. The summed E-state index contributed by atoms with van der Waals surface area (Å²) in [7, 11) is 0. The molecule has 2 atom stereocenters. The second-order valence-corrected chi connectivity index (χ2v) is 5.28. The molecule has 2 aromatic rings. The SMILES string of the molecule is N[C@@H](Cc1ccccc1)c1nc(CC2CCOC2)no1. The first-order chi connectivity index (χ1) is 9.81. The third-order valence-corrected chi connectivity index (χ3v) is 3.59. The first-order valence-electron chi connectivity index (χ1n) is 7.01. The van der Waals surface area contributed by atoms with Gasteiger partial charge in [-0.05, 0) is 24.3 Å². The van der Waals surface area contributed by atoms with E-state index in [1.807, 2.05) is 30.3 Å². The molecular formula is C15H19N3O2. The molecule has 5 nitrogen and oxygen atoms in total. The van der Waals surface area contributed by atoms with Gasteiger partial charge < -0.3 is 15.0 Å². The highest BCUT2D eigenvalue weighted by molar-refractivity contribution is 5.16. The Balaban J connectivity index is 1.60. The lowest BCUT2D eigenvalue weighted by atomic mass is 10.0. The number of ether oxygens (including phenoxy) is 1. The van der Waals surface area contributed by atoms with Crippen molar-refractivity contribution < 1.29 is 9.26 Å². The zero-order valence-corrected chi connectivity index (χ0v) is 11.4. The summed E-state index contributed by atoms with van der Waals surface area (Å²) in [5, 5.41) is 4.02. The Morgan fingerprint density at radius 3 is 2.90 bits per heavy atom. The Morgan fingerprint density at radius 1 is 1.30 bits per heavy atom. The predicted octanol–water partition coefficient (Wildman–Crippen LogP) is 1.89. The summed E-state index contributed by atoms with van der Waals surface area (Å²) in [4.78, 5) is 4.41. The molecule has 1 aliphatic heterocycles. The average Bonchev–Trinajstić information content (AvgIpc) is 3.12. The van der Waals surface area contributed by atoms with Crippen molar-refractivity contribution in [3.05, 3.63) is 47.6 Å². The van der Waals surface area contributed by atoms with E-state index < -0.39 is 0 Å². The lowest BCUT2D eigenvalue weighted by Gasteiger charge is -2.06. The third kappa shape index (κ3) is 3.23. The van der Waals surface area contributed by atoms with Gasteiger partial charge in [-0.25, -0.2) is 0 Å². The van der Waals surface area contributed by atoms with Gasteiger partial charge in [-0.3, -0.25) is 0 Å². The van der Waals surface area contributed by atoms with Crippen molar-refractivity contribution in [2.24, 2.45) is 11.7 Å². The number of rotatable bonds is 5. The average molecular weight is 273 g/mol. The van der Waals surface area contributed by atoms with Crippen molar-refractivity contribution in [2.75, 3.05) is 13.2 Å². The lowest BCUT2D eigenvalue weighted by molar-refractivity contribution is 0.185. The fourth-order valence-electron chi connectivity index (χ4n) is 2.46. The van der Waals surface area contributed by atoms with E-state index in [-0.39, 0.29) is 6.04 Å². The number of nitrogens with zero attached hydrogens (tertiary/aromatic N) is 2. The highest BCUT2D eigenvalue weighted by atomic mass is 16.5. The topological polar surface area (TPSA) is 74.2 Å². The molecule has 1 fully saturated rings. The van der Waals surface area contributed by atoms with E-state index >= 15 is 0 Å². The molecule has 2 N–H and O–H groups in total. The molecule has 1 aromatic carbocycles. The molecule has 0 bridgehead atoms. The number of hydrogen-bond acceptors (Lipinski definition) is 5. The third-order valence-electron chi connectivity index (χ3n) is 3.59. The van der Waals surface area contributed by atoms with Crippen molar-refractivity contribution in [3.63, 3.8) is 0 Å². The van der Waals surface area contributed by atoms with Gasteiger partial charge in [-0.15, -0.1) is 0 Å². The first kappa shape index (κ1) is 13.3. The van der Waals surface area contributed by atoms with Crippen LogP contribution in [0.5, 0.6) is 0 Å². The summed E-state index contributed by atoms with van der Waals surface area (Å²) in [6.07, 6.45) is 2.58. The first-order valence-corrected chi connectivity index (χ1v) is 7.01. The summed E-state index contributed by atoms with van der Waals surface area (Å²) in [5.74, 6) is 1.76. The molecule has 2 heterocycles. The highest BCUT2D eigenvalue weighted by Crippen LogP contribution is 2.19.